The summed E-state index contributed by atoms with van der Waals surface area (Å²) in [7, 11) is 1.75. The average molecular weight is 252 g/mol. The summed E-state index contributed by atoms with van der Waals surface area (Å²) in [5.41, 5.74) is 6.45. The molecule has 1 rings (SSSR count). The molecule has 1 amide bonds. The molecule has 3 nitrogen and oxygen atoms in total. The van der Waals surface area contributed by atoms with Crippen LogP contribution in [0.15, 0.2) is 29.2 Å². The van der Waals surface area contributed by atoms with Crippen LogP contribution in [0.1, 0.15) is 20.8 Å². The second kappa shape index (κ2) is 6.07. The first kappa shape index (κ1) is 14.1. The summed E-state index contributed by atoms with van der Waals surface area (Å²) in [5, 5.41) is 0.560. The van der Waals surface area contributed by atoms with Crippen molar-refractivity contribution in [3.05, 3.63) is 24.3 Å². The second-order valence-electron chi connectivity index (χ2n) is 4.35. The van der Waals surface area contributed by atoms with Crippen LogP contribution in [-0.4, -0.2) is 24.2 Å². The third kappa shape index (κ3) is 4.06. The Balaban J connectivity index is 2.77. The van der Waals surface area contributed by atoms with Crippen molar-refractivity contribution in [2.45, 2.75) is 37.0 Å². The molecule has 1 atom stereocenters. The van der Waals surface area contributed by atoms with E-state index in [-0.39, 0.29) is 5.91 Å². The zero-order chi connectivity index (χ0) is 13.0. The Morgan fingerprint density at radius 2 is 1.76 bits per heavy atom. The number of nitrogens with zero attached hydrogens (tertiary/aromatic N) is 1. The summed E-state index contributed by atoms with van der Waals surface area (Å²) in [5.74, 6) is -0.0748. The van der Waals surface area contributed by atoms with E-state index >= 15 is 0 Å². The SMILES string of the molecule is CC(C)Sc1ccc(N(C)C(=O)C(C)N)cc1. The maximum atomic E-state index is 11.7. The predicted octanol–water partition coefficient (Wildman–Crippen LogP) is 2.50. The minimum atomic E-state index is -0.468. The monoisotopic (exact) mass is 252 g/mol. The number of anilines is 1. The van der Waals surface area contributed by atoms with Crippen LogP contribution < -0.4 is 10.6 Å². The van der Waals surface area contributed by atoms with Crippen LogP contribution in [0.4, 0.5) is 5.69 Å². The van der Waals surface area contributed by atoms with Crippen molar-refractivity contribution in [2.75, 3.05) is 11.9 Å². The van der Waals surface area contributed by atoms with Gasteiger partial charge in [0.15, 0.2) is 0 Å². The number of nitrogens with two attached hydrogens (primary N) is 1. The largest absolute Gasteiger partial charge is 0.320 e. The van der Waals surface area contributed by atoms with Gasteiger partial charge in [-0.15, -0.1) is 11.8 Å². The Morgan fingerprint density at radius 1 is 1.24 bits per heavy atom. The Kier molecular flexibility index (Phi) is 5.02. The smallest absolute Gasteiger partial charge is 0.243 e. The summed E-state index contributed by atoms with van der Waals surface area (Å²) in [6.45, 7) is 6.01. The molecule has 0 bridgehead atoms. The number of hydrogen-bond acceptors (Lipinski definition) is 3. The Labute approximate surface area is 107 Å². The summed E-state index contributed by atoms with van der Waals surface area (Å²) in [4.78, 5) is 14.5. The number of thioether (sulfide) groups is 1. The lowest BCUT2D eigenvalue weighted by atomic mass is 10.2. The lowest BCUT2D eigenvalue weighted by Gasteiger charge is -2.19. The molecule has 1 unspecified atom stereocenters. The number of hydrogen-bond donors (Lipinski definition) is 1. The molecule has 0 aliphatic rings. The second-order valence-corrected chi connectivity index (χ2v) is 6.00. The van der Waals surface area contributed by atoms with Gasteiger partial charge in [0.25, 0.3) is 0 Å². The highest BCUT2D eigenvalue weighted by molar-refractivity contribution is 7.99. The van der Waals surface area contributed by atoms with Crippen molar-refractivity contribution in [3.8, 4) is 0 Å². The Hall–Kier alpha value is -1.00. The van der Waals surface area contributed by atoms with Crippen molar-refractivity contribution < 1.29 is 4.79 Å². The molecule has 0 saturated carbocycles. The van der Waals surface area contributed by atoms with E-state index in [2.05, 4.69) is 13.8 Å². The molecule has 0 fully saturated rings. The molecule has 0 radical (unpaired) electrons. The Bertz CT molecular complexity index is 374. The summed E-state index contributed by atoms with van der Waals surface area (Å²) < 4.78 is 0. The molecule has 94 valence electrons. The lowest BCUT2D eigenvalue weighted by Crippen LogP contribution is -2.39. The van der Waals surface area contributed by atoms with E-state index in [4.69, 9.17) is 5.73 Å². The Morgan fingerprint density at radius 3 is 2.18 bits per heavy atom. The highest BCUT2D eigenvalue weighted by Crippen LogP contribution is 2.25. The molecule has 17 heavy (non-hydrogen) atoms. The zero-order valence-corrected chi connectivity index (χ0v) is 11.6. The van der Waals surface area contributed by atoms with Gasteiger partial charge < -0.3 is 10.6 Å². The molecule has 0 spiro atoms. The van der Waals surface area contributed by atoms with Gasteiger partial charge >= 0.3 is 0 Å². The van der Waals surface area contributed by atoms with E-state index in [1.54, 1.807) is 30.6 Å². The van der Waals surface area contributed by atoms with Crippen molar-refractivity contribution in [2.24, 2.45) is 5.73 Å². The van der Waals surface area contributed by atoms with Gasteiger partial charge in [-0.1, -0.05) is 13.8 Å². The summed E-state index contributed by atoms with van der Waals surface area (Å²) in [6, 6.07) is 7.50. The first-order chi connectivity index (χ1) is 7.91. The van der Waals surface area contributed by atoms with Gasteiger partial charge in [-0.05, 0) is 31.2 Å². The van der Waals surface area contributed by atoms with Crippen LogP contribution in [0.3, 0.4) is 0 Å². The number of rotatable bonds is 4. The van der Waals surface area contributed by atoms with Crippen LogP contribution in [0.25, 0.3) is 0 Å². The molecular weight excluding hydrogens is 232 g/mol. The van der Waals surface area contributed by atoms with Gasteiger partial charge in [0.2, 0.25) is 5.91 Å². The normalized spacial score (nSPS) is 12.6. The minimum Gasteiger partial charge on any atom is -0.320 e. The standard InChI is InChI=1S/C13H20N2OS/c1-9(2)17-12-7-5-11(6-8-12)15(4)13(16)10(3)14/h5-10H,14H2,1-4H3. The molecule has 0 saturated heterocycles. The first-order valence-electron chi connectivity index (χ1n) is 5.71. The fraction of sp³-hybridized carbons (Fsp3) is 0.462. The van der Waals surface area contributed by atoms with Crippen LogP contribution in [-0.2, 0) is 4.79 Å². The lowest BCUT2D eigenvalue weighted by molar-refractivity contribution is -0.119. The average Bonchev–Trinajstić information content (AvgIpc) is 2.27. The number of carbonyl (C=O) groups is 1. The van der Waals surface area contributed by atoms with Gasteiger partial charge in [-0.25, -0.2) is 0 Å². The molecule has 1 aromatic rings. The molecule has 2 N–H and O–H groups in total. The molecule has 0 aromatic heterocycles. The molecule has 0 aliphatic carbocycles. The van der Waals surface area contributed by atoms with E-state index in [1.807, 2.05) is 24.3 Å². The number of carbonyl (C=O) groups excluding carboxylic acids is 1. The van der Waals surface area contributed by atoms with Gasteiger partial charge in [0, 0.05) is 22.9 Å². The third-order valence-corrected chi connectivity index (χ3v) is 3.33. The van der Waals surface area contributed by atoms with Gasteiger partial charge in [0.05, 0.1) is 6.04 Å². The van der Waals surface area contributed by atoms with Crippen molar-refractivity contribution in [3.63, 3.8) is 0 Å². The molecule has 1 aromatic carbocycles. The van der Waals surface area contributed by atoms with E-state index in [1.165, 1.54) is 4.90 Å². The first-order valence-corrected chi connectivity index (χ1v) is 6.59. The van der Waals surface area contributed by atoms with Gasteiger partial charge in [-0.3, -0.25) is 4.79 Å². The van der Waals surface area contributed by atoms with Gasteiger partial charge in [-0.2, -0.15) is 0 Å². The number of likely N-dealkylation sites (N-methyl/N-ethyl adjacent to an activating group) is 1. The van der Waals surface area contributed by atoms with Crippen LogP contribution in [0.2, 0.25) is 0 Å². The molecule has 0 heterocycles. The maximum Gasteiger partial charge on any atom is 0.243 e. The predicted molar refractivity (Wildman–Crippen MR) is 74.5 cm³/mol. The van der Waals surface area contributed by atoms with Crippen molar-refractivity contribution in [1.29, 1.82) is 0 Å². The fourth-order valence-corrected chi connectivity index (χ4v) is 2.29. The number of amides is 1. The molecule has 4 heteroatoms. The van der Waals surface area contributed by atoms with Crippen LogP contribution in [0, 0.1) is 0 Å². The highest BCUT2D eigenvalue weighted by Gasteiger charge is 2.14. The summed E-state index contributed by atoms with van der Waals surface area (Å²) in [6.07, 6.45) is 0. The number of benzene rings is 1. The van der Waals surface area contributed by atoms with E-state index in [0.29, 0.717) is 5.25 Å². The maximum absolute atomic E-state index is 11.7. The van der Waals surface area contributed by atoms with Gasteiger partial charge in [0.1, 0.15) is 0 Å². The third-order valence-electron chi connectivity index (χ3n) is 2.32. The quantitative estimate of drug-likeness (QED) is 0.837. The molecule has 0 aliphatic heterocycles. The van der Waals surface area contributed by atoms with Crippen LogP contribution >= 0.6 is 11.8 Å². The van der Waals surface area contributed by atoms with Crippen molar-refractivity contribution in [1.82, 2.24) is 0 Å². The van der Waals surface area contributed by atoms with Crippen molar-refractivity contribution >= 4 is 23.4 Å². The summed E-state index contributed by atoms with van der Waals surface area (Å²) >= 11 is 1.81. The topological polar surface area (TPSA) is 46.3 Å². The fourth-order valence-electron chi connectivity index (χ4n) is 1.45. The van der Waals surface area contributed by atoms with E-state index in [0.717, 1.165) is 5.69 Å². The minimum absolute atomic E-state index is 0.0748. The zero-order valence-electron chi connectivity index (χ0n) is 10.8. The van der Waals surface area contributed by atoms with E-state index in [9.17, 15) is 4.79 Å². The highest BCUT2D eigenvalue weighted by atomic mass is 32.2. The van der Waals surface area contributed by atoms with Crippen LogP contribution in [0.5, 0.6) is 0 Å². The van der Waals surface area contributed by atoms with E-state index < -0.39 is 6.04 Å². The molecular formula is C13H20N2OS.